The molecule has 0 aliphatic carbocycles. The molecule has 0 N–H and O–H groups in total. The van der Waals surface area contributed by atoms with Gasteiger partial charge < -0.3 is 9.47 Å². The van der Waals surface area contributed by atoms with Crippen molar-refractivity contribution in [1.82, 2.24) is 19.2 Å². The zero-order valence-corrected chi connectivity index (χ0v) is 20.2. The molecule has 1 aliphatic heterocycles. The first-order valence-corrected chi connectivity index (χ1v) is 12.6. The predicted octanol–water partition coefficient (Wildman–Crippen LogP) is 2.86. The van der Waals surface area contributed by atoms with E-state index in [4.69, 9.17) is 17.3 Å². The molecule has 2 heterocycles. The molecule has 1 aliphatic rings. The Bertz CT molecular complexity index is 1020. The topological polar surface area (TPSA) is 63.4 Å². The van der Waals surface area contributed by atoms with Crippen LogP contribution in [0.2, 0.25) is 0 Å². The fourth-order valence-electron chi connectivity index (χ4n) is 3.80. The van der Waals surface area contributed by atoms with E-state index in [1.165, 1.54) is 11.3 Å². The van der Waals surface area contributed by atoms with E-state index < -0.39 is 9.84 Å². The molecule has 166 valence electrons. The van der Waals surface area contributed by atoms with Gasteiger partial charge in [0.25, 0.3) is 0 Å². The minimum absolute atomic E-state index is 0.135. The molecule has 0 spiro atoms. The Morgan fingerprint density at radius 1 is 1.23 bits per heavy atom. The number of anilines is 1. The van der Waals surface area contributed by atoms with Crippen LogP contribution in [0, 0.1) is 10.7 Å². The molecule has 0 bridgehead atoms. The zero-order chi connectivity index (χ0) is 22.1. The molecule has 0 saturated carbocycles. The molecule has 1 aromatic heterocycles. The van der Waals surface area contributed by atoms with Crippen LogP contribution in [-0.4, -0.2) is 59.3 Å². The Balaban J connectivity index is 1.73. The number of nitrogens with zero attached hydrogens (tertiary/aromatic N) is 5. The van der Waals surface area contributed by atoms with Crippen LogP contribution in [0.3, 0.4) is 0 Å². The Hall–Kier alpha value is -1.71. The van der Waals surface area contributed by atoms with E-state index in [1.807, 2.05) is 30.4 Å². The summed E-state index contributed by atoms with van der Waals surface area (Å²) in [5.41, 5.74) is 2.42. The number of rotatable bonds is 8. The van der Waals surface area contributed by atoms with Crippen LogP contribution in [0.25, 0.3) is 0 Å². The maximum absolute atomic E-state index is 11.8. The molecule has 0 unspecified atom stereocenters. The van der Waals surface area contributed by atoms with Gasteiger partial charge in [-0.25, -0.2) is 13.1 Å². The van der Waals surface area contributed by atoms with Crippen molar-refractivity contribution >= 4 is 27.7 Å². The van der Waals surface area contributed by atoms with Crippen molar-refractivity contribution in [3.8, 4) is 0 Å². The highest BCUT2D eigenvalue weighted by Gasteiger charge is 2.29. The summed E-state index contributed by atoms with van der Waals surface area (Å²) >= 11 is 5.63. The minimum atomic E-state index is -2.89. The number of sulfone groups is 1. The Morgan fingerprint density at radius 2 is 1.90 bits per heavy atom. The number of aromatic nitrogens is 3. The molecule has 1 aromatic carbocycles. The summed E-state index contributed by atoms with van der Waals surface area (Å²) in [6, 6.07) is 8.91. The smallest absolute Gasteiger partial charge is 0.198 e. The second-order valence-electron chi connectivity index (χ2n) is 8.77. The Kier molecular flexibility index (Phi) is 7.04. The fraction of sp³-hybridized carbons (Fsp3) is 0.619. The molecule has 9 heteroatoms. The first-order chi connectivity index (χ1) is 14.1. The van der Waals surface area contributed by atoms with Crippen LogP contribution in [0.15, 0.2) is 24.3 Å². The first-order valence-electron chi connectivity index (χ1n) is 10.4. The van der Waals surface area contributed by atoms with Crippen LogP contribution in [0.1, 0.15) is 31.7 Å². The van der Waals surface area contributed by atoms with Crippen molar-refractivity contribution in [3.63, 3.8) is 0 Å². The summed E-state index contributed by atoms with van der Waals surface area (Å²) in [6.07, 6.45) is 1.36. The number of hydrogen-bond donors (Lipinski definition) is 0. The molecule has 3 rings (SSSR count). The van der Waals surface area contributed by atoms with E-state index in [-0.39, 0.29) is 17.4 Å². The summed E-state index contributed by atoms with van der Waals surface area (Å²) in [7, 11) is 3.11. The average Bonchev–Trinajstić information content (AvgIpc) is 3.15. The molecule has 1 fully saturated rings. The van der Waals surface area contributed by atoms with Gasteiger partial charge in [0.1, 0.15) is 5.82 Å². The van der Waals surface area contributed by atoms with Crippen molar-refractivity contribution in [3.05, 3.63) is 40.4 Å². The van der Waals surface area contributed by atoms with Gasteiger partial charge in [0.15, 0.2) is 14.6 Å². The molecular formula is C21H33N5O2S2. The van der Waals surface area contributed by atoms with E-state index in [1.54, 1.807) is 0 Å². The van der Waals surface area contributed by atoms with Gasteiger partial charge in [-0.15, -0.1) is 0 Å². The third kappa shape index (κ3) is 5.50. The number of hydrogen-bond acceptors (Lipinski definition) is 6. The van der Waals surface area contributed by atoms with E-state index in [9.17, 15) is 8.42 Å². The van der Waals surface area contributed by atoms with Gasteiger partial charge in [-0.2, -0.15) is 5.10 Å². The highest BCUT2D eigenvalue weighted by atomic mass is 32.2. The van der Waals surface area contributed by atoms with Crippen molar-refractivity contribution in [1.29, 1.82) is 0 Å². The van der Waals surface area contributed by atoms with Gasteiger partial charge in [-0.05, 0) is 56.1 Å². The molecule has 0 radical (unpaired) electrons. The molecule has 2 aromatic rings. The lowest BCUT2D eigenvalue weighted by molar-refractivity contribution is 0.153. The predicted molar refractivity (Wildman–Crippen MR) is 124 cm³/mol. The summed E-state index contributed by atoms with van der Waals surface area (Å²) < 4.78 is 28.0. The minimum Gasteiger partial charge on any atom is -0.378 e. The lowest BCUT2D eigenvalue weighted by Gasteiger charge is -2.26. The van der Waals surface area contributed by atoms with Crippen LogP contribution >= 0.6 is 12.2 Å². The third-order valence-corrected chi connectivity index (χ3v) is 8.13. The lowest BCUT2D eigenvalue weighted by Crippen LogP contribution is -2.33. The summed E-state index contributed by atoms with van der Waals surface area (Å²) in [6.45, 7) is 5.75. The zero-order valence-electron chi connectivity index (χ0n) is 18.6. The maximum Gasteiger partial charge on any atom is 0.198 e. The Labute approximate surface area is 185 Å². The highest BCUT2D eigenvalue weighted by Crippen LogP contribution is 2.22. The van der Waals surface area contributed by atoms with Gasteiger partial charge in [-0.1, -0.05) is 12.1 Å². The second kappa shape index (κ2) is 9.20. The summed E-state index contributed by atoms with van der Waals surface area (Å²) in [4.78, 5) is 4.42. The molecular weight excluding hydrogens is 418 g/mol. The van der Waals surface area contributed by atoms with Gasteiger partial charge in [0, 0.05) is 45.8 Å². The molecule has 7 nitrogen and oxygen atoms in total. The molecule has 30 heavy (non-hydrogen) atoms. The SMILES string of the molecule is CC(C)N(Cc1ccc(N(C)C)cc1)Cn1nc(C[C@H]2CCS(=O)(=O)C2)n(C)c1=S. The maximum atomic E-state index is 11.8. The monoisotopic (exact) mass is 451 g/mol. The van der Waals surface area contributed by atoms with Gasteiger partial charge in [0.05, 0.1) is 18.2 Å². The normalized spacial score (nSPS) is 18.4. The Morgan fingerprint density at radius 3 is 2.43 bits per heavy atom. The van der Waals surface area contributed by atoms with Crippen molar-refractivity contribution in [2.75, 3.05) is 30.5 Å². The van der Waals surface area contributed by atoms with Crippen LogP contribution in [0.5, 0.6) is 0 Å². The van der Waals surface area contributed by atoms with Crippen molar-refractivity contribution in [2.45, 2.75) is 45.9 Å². The number of benzene rings is 1. The lowest BCUT2D eigenvalue weighted by atomic mass is 10.1. The van der Waals surface area contributed by atoms with Gasteiger partial charge >= 0.3 is 0 Å². The summed E-state index contributed by atoms with van der Waals surface area (Å²) in [5, 5.41) is 4.75. The average molecular weight is 452 g/mol. The molecule has 1 saturated heterocycles. The quantitative estimate of drug-likeness (QED) is 0.575. The summed E-state index contributed by atoms with van der Waals surface area (Å²) in [5.74, 6) is 1.54. The molecule has 1 atom stereocenters. The van der Waals surface area contributed by atoms with Crippen molar-refractivity contribution < 1.29 is 8.42 Å². The van der Waals surface area contributed by atoms with E-state index >= 15 is 0 Å². The standard InChI is InChI=1S/C21H33N5O2S2/c1-16(2)25(13-17-6-8-19(9-7-17)23(3)4)15-26-21(29)24(5)20(22-26)12-18-10-11-30(27,28)14-18/h6-9,16,18H,10-15H2,1-5H3/t18-/m1/s1. The molecule has 0 amide bonds. The van der Waals surface area contributed by atoms with E-state index in [2.05, 4.69) is 47.9 Å². The van der Waals surface area contributed by atoms with Gasteiger partial charge in [-0.3, -0.25) is 4.90 Å². The van der Waals surface area contributed by atoms with E-state index in [0.29, 0.717) is 30.3 Å². The van der Waals surface area contributed by atoms with Crippen molar-refractivity contribution in [2.24, 2.45) is 13.0 Å². The third-order valence-electron chi connectivity index (χ3n) is 5.81. The first kappa shape index (κ1) is 23.0. The van der Waals surface area contributed by atoms with Crippen LogP contribution in [-0.2, 0) is 36.5 Å². The van der Waals surface area contributed by atoms with E-state index in [0.717, 1.165) is 12.4 Å². The largest absolute Gasteiger partial charge is 0.378 e. The second-order valence-corrected chi connectivity index (χ2v) is 11.4. The van der Waals surface area contributed by atoms with Crippen LogP contribution in [0.4, 0.5) is 5.69 Å². The fourth-order valence-corrected chi connectivity index (χ4v) is 5.86. The van der Waals surface area contributed by atoms with Crippen LogP contribution < -0.4 is 4.90 Å². The van der Waals surface area contributed by atoms with Gasteiger partial charge in [0.2, 0.25) is 0 Å². The highest BCUT2D eigenvalue weighted by molar-refractivity contribution is 7.91.